The molecule has 1 amide bonds. The van der Waals surface area contributed by atoms with E-state index < -0.39 is 15.6 Å². The van der Waals surface area contributed by atoms with Gasteiger partial charge in [-0.15, -0.1) is 0 Å². The van der Waals surface area contributed by atoms with Crippen LogP contribution in [0.5, 0.6) is 0 Å². The number of amides is 1. The van der Waals surface area contributed by atoms with Crippen molar-refractivity contribution < 1.29 is 13.2 Å². The maximum atomic E-state index is 12.3. The fraction of sp³-hybridized carbons (Fsp3) is 0.316. The number of benzene rings is 2. The lowest BCUT2D eigenvalue weighted by atomic mass is 10.1. The van der Waals surface area contributed by atoms with Gasteiger partial charge in [0.1, 0.15) is 0 Å². The van der Waals surface area contributed by atoms with Crippen molar-refractivity contribution in [3.05, 3.63) is 65.7 Å². The average Bonchev–Trinajstić information content (AvgIpc) is 2.53. The molecular formula is C19H24N2O3S. The molecule has 2 aromatic carbocycles. The van der Waals surface area contributed by atoms with Gasteiger partial charge in [0.05, 0.1) is 10.9 Å². The molecule has 0 radical (unpaired) electrons. The van der Waals surface area contributed by atoms with Gasteiger partial charge in [-0.2, -0.15) is 0 Å². The minimum atomic E-state index is -3.61. The molecule has 2 rings (SSSR count). The lowest BCUT2D eigenvalue weighted by molar-refractivity contribution is 0.0939. The summed E-state index contributed by atoms with van der Waals surface area (Å²) >= 11 is 0. The van der Waals surface area contributed by atoms with Gasteiger partial charge in [0.2, 0.25) is 10.0 Å². The fourth-order valence-corrected chi connectivity index (χ4v) is 3.77. The molecule has 0 aliphatic rings. The Morgan fingerprint density at radius 1 is 0.960 bits per heavy atom. The molecule has 1 unspecified atom stereocenters. The number of hydrogen-bond donors (Lipinski definition) is 2. The Bertz CT molecular complexity index is 823. The van der Waals surface area contributed by atoms with E-state index in [1.54, 1.807) is 20.8 Å². The Hall–Kier alpha value is -2.18. The molecule has 25 heavy (non-hydrogen) atoms. The molecule has 2 aromatic rings. The van der Waals surface area contributed by atoms with Crippen molar-refractivity contribution in [2.24, 2.45) is 0 Å². The van der Waals surface area contributed by atoms with Crippen molar-refractivity contribution in [2.45, 2.75) is 44.2 Å². The highest BCUT2D eigenvalue weighted by atomic mass is 32.2. The summed E-state index contributed by atoms with van der Waals surface area (Å²) in [6.45, 7) is 7.23. The Balaban J connectivity index is 2.10. The number of carbonyl (C=O) groups excluding carboxylic acids is 1. The Labute approximate surface area is 149 Å². The fourth-order valence-electron chi connectivity index (χ4n) is 2.35. The maximum Gasteiger partial charge on any atom is 0.251 e. The van der Waals surface area contributed by atoms with Crippen molar-refractivity contribution in [2.75, 3.05) is 0 Å². The predicted octanol–water partition coefficient (Wildman–Crippen LogP) is 3.25. The molecule has 0 aliphatic carbocycles. The summed E-state index contributed by atoms with van der Waals surface area (Å²) in [6.07, 6.45) is 0. The van der Waals surface area contributed by atoms with Gasteiger partial charge in [-0.3, -0.25) is 4.79 Å². The summed E-state index contributed by atoms with van der Waals surface area (Å²) in [5, 5.41) is 2.90. The van der Waals surface area contributed by atoms with Gasteiger partial charge in [-0.1, -0.05) is 30.3 Å². The van der Waals surface area contributed by atoms with Gasteiger partial charge < -0.3 is 5.32 Å². The van der Waals surface area contributed by atoms with Crippen LogP contribution >= 0.6 is 0 Å². The molecule has 5 nitrogen and oxygen atoms in total. The molecule has 0 aromatic heterocycles. The molecule has 0 fully saturated rings. The van der Waals surface area contributed by atoms with E-state index in [2.05, 4.69) is 10.0 Å². The van der Waals surface area contributed by atoms with Crippen LogP contribution in [0.4, 0.5) is 0 Å². The molecule has 0 saturated heterocycles. The van der Waals surface area contributed by atoms with E-state index in [9.17, 15) is 13.2 Å². The van der Waals surface area contributed by atoms with Crippen molar-refractivity contribution >= 4 is 15.9 Å². The SMILES string of the molecule is CC(NC(=O)c1ccc(S(=O)(=O)NC(C)(C)C)cc1)c1ccccc1. The smallest absolute Gasteiger partial charge is 0.251 e. The second-order valence-electron chi connectivity index (χ2n) is 6.99. The predicted molar refractivity (Wildman–Crippen MR) is 98.8 cm³/mol. The summed E-state index contributed by atoms with van der Waals surface area (Å²) in [5.74, 6) is -0.246. The average molecular weight is 360 g/mol. The van der Waals surface area contributed by atoms with E-state index in [4.69, 9.17) is 0 Å². The number of hydrogen-bond acceptors (Lipinski definition) is 3. The molecule has 2 N–H and O–H groups in total. The first-order chi connectivity index (χ1) is 11.6. The van der Waals surface area contributed by atoms with Gasteiger partial charge in [0.15, 0.2) is 0 Å². The van der Waals surface area contributed by atoms with Crippen LogP contribution < -0.4 is 10.0 Å². The molecule has 134 valence electrons. The lowest BCUT2D eigenvalue weighted by Crippen LogP contribution is -2.40. The van der Waals surface area contributed by atoms with E-state index in [0.717, 1.165) is 5.56 Å². The highest BCUT2D eigenvalue weighted by Crippen LogP contribution is 2.16. The van der Waals surface area contributed by atoms with Crippen molar-refractivity contribution in [1.29, 1.82) is 0 Å². The van der Waals surface area contributed by atoms with Crippen LogP contribution in [0, 0.1) is 0 Å². The normalized spacial score (nSPS) is 13.3. The van der Waals surface area contributed by atoms with Crippen LogP contribution in [0.3, 0.4) is 0 Å². The van der Waals surface area contributed by atoms with Crippen LogP contribution in [0.1, 0.15) is 49.7 Å². The molecule has 0 aliphatic heterocycles. The second kappa shape index (κ2) is 7.37. The summed E-state index contributed by atoms with van der Waals surface area (Å²) in [7, 11) is -3.61. The largest absolute Gasteiger partial charge is 0.346 e. The summed E-state index contributed by atoms with van der Waals surface area (Å²) in [5.41, 5.74) is 0.849. The summed E-state index contributed by atoms with van der Waals surface area (Å²) in [6, 6.07) is 15.4. The van der Waals surface area contributed by atoms with E-state index >= 15 is 0 Å². The lowest BCUT2D eigenvalue weighted by Gasteiger charge is -2.20. The van der Waals surface area contributed by atoms with Gasteiger partial charge in [0, 0.05) is 11.1 Å². The third-order valence-corrected chi connectivity index (χ3v) is 5.29. The van der Waals surface area contributed by atoms with Crippen LogP contribution in [-0.4, -0.2) is 19.9 Å². The second-order valence-corrected chi connectivity index (χ2v) is 8.67. The summed E-state index contributed by atoms with van der Waals surface area (Å²) < 4.78 is 27.1. The minimum Gasteiger partial charge on any atom is -0.346 e. The number of nitrogens with one attached hydrogen (secondary N) is 2. The topological polar surface area (TPSA) is 75.3 Å². The number of rotatable bonds is 5. The first-order valence-corrected chi connectivity index (χ1v) is 9.57. The molecule has 0 saturated carbocycles. The molecular weight excluding hydrogens is 336 g/mol. The molecule has 0 spiro atoms. The van der Waals surface area contributed by atoms with Crippen LogP contribution in [0.2, 0.25) is 0 Å². The third kappa shape index (κ3) is 5.41. The Morgan fingerprint density at radius 3 is 2.04 bits per heavy atom. The van der Waals surface area contributed by atoms with Crippen LogP contribution in [0.25, 0.3) is 0 Å². The number of carbonyl (C=O) groups is 1. The zero-order valence-corrected chi connectivity index (χ0v) is 15.7. The van der Waals surface area contributed by atoms with E-state index in [1.165, 1.54) is 24.3 Å². The summed E-state index contributed by atoms with van der Waals surface area (Å²) in [4.78, 5) is 12.5. The first kappa shape index (κ1) is 19.1. The van der Waals surface area contributed by atoms with Gasteiger partial charge in [-0.05, 0) is 57.5 Å². The highest BCUT2D eigenvalue weighted by Gasteiger charge is 2.22. The maximum absolute atomic E-state index is 12.3. The van der Waals surface area contributed by atoms with Gasteiger partial charge in [-0.25, -0.2) is 13.1 Å². The molecule has 6 heteroatoms. The van der Waals surface area contributed by atoms with E-state index in [1.807, 2.05) is 37.3 Å². The Kier molecular flexibility index (Phi) is 5.65. The molecule has 0 heterocycles. The van der Waals surface area contributed by atoms with E-state index in [0.29, 0.717) is 5.56 Å². The van der Waals surface area contributed by atoms with Crippen LogP contribution in [0.15, 0.2) is 59.5 Å². The van der Waals surface area contributed by atoms with Crippen molar-refractivity contribution in [1.82, 2.24) is 10.0 Å². The van der Waals surface area contributed by atoms with Crippen molar-refractivity contribution in [3.63, 3.8) is 0 Å². The van der Waals surface area contributed by atoms with Gasteiger partial charge >= 0.3 is 0 Å². The van der Waals surface area contributed by atoms with Gasteiger partial charge in [0.25, 0.3) is 5.91 Å². The monoisotopic (exact) mass is 360 g/mol. The molecule has 0 bridgehead atoms. The molecule has 1 atom stereocenters. The van der Waals surface area contributed by atoms with Crippen molar-refractivity contribution in [3.8, 4) is 0 Å². The zero-order chi connectivity index (χ0) is 18.7. The third-order valence-electron chi connectivity index (χ3n) is 3.51. The van der Waals surface area contributed by atoms with E-state index in [-0.39, 0.29) is 16.8 Å². The highest BCUT2D eigenvalue weighted by molar-refractivity contribution is 7.89. The Morgan fingerprint density at radius 2 is 1.52 bits per heavy atom. The first-order valence-electron chi connectivity index (χ1n) is 8.08. The quantitative estimate of drug-likeness (QED) is 0.859. The standard InChI is InChI=1S/C19H24N2O3S/c1-14(15-8-6-5-7-9-15)20-18(22)16-10-12-17(13-11-16)25(23,24)21-19(2,3)4/h5-14,21H,1-4H3,(H,20,22). The minimum absolute atomic E-state index is 0.134. The van der Waals surface area contributed by atoms with Crippen LogP contribution in [-0.2, 0) is 10.0 Å². The zero-order valence-electron chi connectivity index (χ0n) is 14.9. The number of sulfonamides is 1.